The zero-order valence-corrected chi connectivity index (χ0v) is 11.6. The molecule has 1 aliphatic heterocycles. The van der Waals surface area contributed by atoms with Crippen LogP contribution < -0.4 is 0 Å². The van der Waals surface area contributed by atoms with Crippen LogP contribution in [0.4, 0.5) is 0 Å². The van der Waals surface area contributed by atoms with Gasteiger partial charge < -0.3 is 14.7 Å². The van der Waals surface area contributed by atoms with E-state index in [1.54, 1.807) is 11.9 Å². The highest BCUT2D eigenvalue weighted by molar-refractivity contribution is 5.76. The maximum absolute atomic E-state index is 11.8. The summed E-state index contributed by atoms with van der Waals surface area (Å²) < 4.78 is 0. The quantitative estimate of drug-likeness (QED) is 0.710. The number of carbonyl (C=O) groups is 1. The Morgan fingerprint density at radius 1 is 1.33 bits per heavy atom. The number of likely N-dealkylation sites (N-methyl/N-ethyl adjacent to an activating group) is 1. The standard InChI is InChI=1S/C13H24N4O/c1-15-7-4-9-17(12-11-15)10-5-13(18)16(2)8-3-6-14/h3-5,7-12H2,1-2H3. The molecule has 0 atom stereocenters. The number of hydrogen-bond acceptors (Lipinski definition) is 4. The molecular weight excluding hydrogens is 228 g/mol. The Labute approximate surface area is 110 Å². The molecule has 5 nitrogen and oxygen atoms in total. The Kier molecular flexibility index (Phi) is 6.69. The maximum Gasteiger partial charge on any atom is 0.223 e. The lowest BCUT2D eigenvalue weighted by Crippen LogP contribution is -2.34. The third-order valence-corrected chi connectivity index (χ3v) is 3.44. The fourth-order valence-corrected chi connectivity index (χ4v) is 2.11. The molecule has 0 aromatic heterocycles. The molecule has 0 bridgehead atoms. The molecule has 0 unspecified atom stereocenters. The fraction of sp³-hybridized carbons (Fsp3) is 0.846. The average Bonchev–Trinajstić information content (AvgIpc) is 2.57. The van der Waals surface area contributed by atoms with E-state index in [0.29, 0.717) is 19.4 Å². The topological polar surface area (TPSA) is 50.6 Å². The molecule has 1 rings (SSSR count). The van der Waals surface area contributed by atoms with Crippen LogP contribution in [0.1, 0.15) is 19.3 Å². The van der Waals surface area contributed by atoms with Gasteiger partial charge in [0, 0.05) is 39.6 Å². The SMILES string of the molecule is CN1CCCN(CCC(=O)N(C)CCC#N)CC1. The second-order valence-corrected chi connectivity index (χ2v) is 4.97. The largest absolute Gasteiger partial charge is 0.345 e. The van der Waals surface area contributed by atoms with E-state index < -0.39 is 0 Å². The molecule has 1 aliphatic rings. The van der Waals surface area contributed by atoms with Crippen LogP contribution >= 0.6 is 0 Å². The van der Waals surface area contributed by atoms with E-state index >= 15 is 0 Å². The van der Waals surface area contributed by atoms with Crippen LogP contribution in [-0.4, -0.2) is 74.0 Å². The molecule has 1 heterocycles. The summed E-state index contributed by atoms with van der Waals surface area (Å²) in [7, 11) is 3.92. The van der Waals surface area contributed by atoms with Gasteiger partial charge in [0.05, 0.1) is 12.5 Å². The van der Waals surface area contributed by atoms with Gasteiger partial charge in [0.15, 0.2) is 0 Å². The van der Waals surface area contributed by atoms with Crippen LogP contribution in [0.5, 0.6) is 0 Å². The number of nitrogens with zero attached hydrogens (tertiary/aromatic N) is 4. The summed E-state index contributed by atoms with van der Waals surface area (Å²) in [6.45, 7) is 5.73. The lowest BCUT2D eigenvalue weighted by molar-refractivity contribution is -0.130. The van der Waals surface area contributed by atoms with Crippen LogP contribution in [0.15, 0.2) is 0 Å². The molecule has 102 valence electrons. The highest BCUT2D eigenvalue weighted by atomic mass is 16.2. The summed E-state index contributed by atoms with van der Waals surface area (Å²) in [6.07, 6.45) is 2.15. The van der Waals surface area contributed by atoms with Crippen molar-refractivity contribution in [1.82, 2.24) is 14.7 Å². The zero-order valence-electron chi connectivity index (χ0n) is 11.6. The minimum Gasteiger partial charge on any atom is -0.345 e. The molecule has 1 fully saturated rings. The first-order chi connectivity index (χ1) is 8.63. The fourth-order valence-electron chi connectivity index (χ4n) is 2.11. The number of carbonyl (C=O) groups excluding carboxylic acids is 1. The van der Waals surface area contributed by atoms with Crippen molar-refractivity contribution in [2.75, 3.05) is 53.4 Å². The van der Waals surface area contributed by atoms with E-state index in [-0.39, 0.29) is 5.91 Å². The summed E-state index contributed by atoms with van der Waals surface area (Å²) in [5.74, 6) is 0.142. The summed E-state index contributed by atoms with van der Waals surface area (Å²) in [5.41, 5.74) is 0. The second kappa shape index (κ2) is 8.06. The van der Waals surface area contributed by atoms with E-state index in [1.807, 2.05) is 0 Å². The van der Waals surface area contributed by atoms with Crippen molar-refractivity contribution < 1.29 is 4.79 Å². The number of hydrogen-bond donors (Lipinski definition) is 0. The number of rotatable bonds is 5. The monoisotopic (exact) mass is 252 g/mol. The Hall–Kier alpha value is -1.12. The number of amides is 1. The van der Waals surface area contributed by atoms with E-state index in [1.165, 1.54) is 6.42 Å². The molecule has 0 aromatic carbocycles. The van der Waals surface area contributed by atoms with Gasteiger partial charge in [-0.05, 0) is 26.6 Å². The van der Waals surface area contributed by atoms with Crippen LogP contribution in [0, 0.1) is 11.3 Å². The molecular formula is C13H24N4O. The number of nitriles is 1. The van der Waals surface area contributed by atoms with E-state index in [0.717, 1.165) is 32.7 Å². The summed E-state index contributed by atoms with van der Waals surface area (Å²) in [4.78, 5) is 18.2. The molecule has 0 saturated carbocycles. The third kappa shape index (κ3) is 5.48. The first-order valence-electron chi connectivity index (χ1n) is 6.65. The lowest BCUT2D eigenvalue weighted by Gasteiger charge is -2.21. The zero-order chi connectivity index (χ0) is 13.4. The maximum atomic E-state index is 11.8. The third-order valence-electron chi connectivity index (χ3n) is 3.44. The van der Waals surface area contributed by atoms with Gasteiger partial charge in [-0.25, -0.2) is 0 Å². The Morgan fingerprint density at radius 2 is 2.11 bits per heavy atom. The highest BCUT2D eigenvalue weighted by Crippen LogP contribution is 2.03. The first-order valence-corrected chi connectivity index (χ1v) is 6.65. The molecule has 0 N–H and O–H groups in total. The van der Waals surface area contributed by atoms with Crippen LogP contribution in [0.25, 0.3) is 0 Å². The van der Waals surface area contributed by atoms with Crippen molar-refractivity contribution in [3.63, 3.8) is 0 Å². The van der Waals surface area contributed by atoms with Crippen molar-refractivity contribution in [2.24, 2.45) is 0 Å². The minimum atomic E-state index is 0.142. The molecule has 18 heavy (non-hydrogen) atoms. The van der Waals surface area contributed by atoms with Gasteiger partial charge in [-0.1, -0.05) is 0 Å². The second-order valence-electron chi connectivity index (χ2n) is 4.97. The Morgan fingerprint density at radius 3 is 2.83 bits per heavy atom. The molecule has 0 spiro atoms. The lowest BCUT2D eigenvalue weighted by atomic mass is 10.3. The van der Waals surface area contributed by atoms with Crippen molar-refractivity contribution in [3.05, 3.63) is 0 Å². The summed E-state index contributed by atoms with van der Waals surface area (Å²) >= 11 is 0. The molecule has 0 aliphatic carbocycles. The van der Waals surface area contributed by atoms with Gasteiger partial charge in [-0.2, -0.15) is 5.26 Å². The molecule has 0 aromatic rings. The van der Waals surface area contributed by atoms with Crippen molar-refractivity contribution in [3.8, 4) is 6.07 Å². The summed E-state index contributed by atoms with van der Waals surface area (Å²) in [5, 5.41) is 8.49. The van der Waals surface area contributed by atoms with Crippen LogP contribution in [0.2, 0.25) is 0 Å². The smallest absolute Gasteiger partial charge is 0.223 e. The highest BCUT2D eigenvalue weighted by Gasteiger charge is 2.14. The van der Waals surface area contributed by atoms with E-state index in [9.17, 15) is 4.79 Å². The predicted octanol–water partition coefficient (Wildman–Crippen LogP) is 0.386. The van der Waals surface area contributed by atoms with Crippen molar-refractivity contribution >= 4 is 5.91 Å². The minimum absolute atomic E-state index is 0.142. The Bertz CT molecular complexity index is 300. The Balaban J connectivity index is 2.23. The molecule has 1 saturated heterocycles. The van der Waals surface area contributed by atoms with Gasteiger partial charge in [-0.3, -0.25) is 4.79 Å². The molecule has 5 heteroatoms. The van der Waals surface area contributed by atoms with Gasteiger partial charge in [0.25, 0.3) is 0 Å². The van der Waals surface area contributed by atoms with Gasteiger partial charge in [0.1, 0.15) is 0 Å². The normalized spacial score (nSPS) is 18.1. The van der Waals surface area contributed by atoms with E-state index in [2.05, 4.69) is 22.9 Å². The molecule has 1 amide bonds. The first kappa shape index (κ1) is 14.9. The van der Waals surface area contributed by atoms with Crippen molar-refractivity contribution in [1.29, 1.82) is 5.26 Å². The van der Waals surface area contributed by atoms with Gasteiger partial charge >= 0.3 is 0 Å². The van der Waals surface area contributed by atoms with Crippen molar-refractivity contribution in [2.45, 2.75) is 19.3 Å². The van der Waals surface area contributed by atoms with E-state index in [4.69, 9.17) is 5.26 Å². The predicted molar refractivity (Wildman–Crippen MR) is 71.0 cm³/mol. The van der Waals surface area contributed by atoms with Gasteiger partial charge in [-0.15, -0.1) is 0 Å². The van der Waals surface area contributed by atoms with Crippen LogP contribution in [0.3, 0.4) is 0 Å². The molecule has 0 radical (unpaired) electrons. The van der Waals surface area contributed by atoms with Gasteiger partial charge in [0.2, 0.25) is 5.91 Å². The summed E-state index contributed by atoms with van der Waals surface area (Å²) in [6, 6.07) is 2.06. The van der Waals surface area contributed by atoms with Crippen LogP contribution in [-0.2, 0) is 4.79 Å². The average molecular weight is 252 g/mol.